The first-order chi connectivity index (χ1) is 12.9. The van der Waals surface area contributed by atoms with E-state index in [9.17, 15) is 5.11 Å². The molecular weight excluding hydrogens is 336 g/mol. The van der Waals surface area contributed by atoms with Crippen LogP contribution in [0.5, 0.6) is 0 Å². The number of aliphatic hydroxyl groups is 1. The highest BCUT2D eigenvalue weighted by atomic mass is 16.3. The highest BCUT2D eigenvalue weighted by molar-refractivity contribution is 5.80. The molecule has 0 radical (unpaired) electrons. The molecule has 5 heteroatoms. The minimum absolute atomic E-state index is 0.176. The molecule has 0 unspecified atom stereocenters. The number of hydrogen-bond donors (Lipinski definition) is 1. The van der Waals surface area contributed by atoms with Crippen molar-refractivity contribution >= 4 is 11.2 Å². The second-order valence-corrected chi connectivity index (χ2v) is 7.68. The van der Waals surface area contributed by atoms with Crippen molar-refractivity contribution in [1.29, 1.82) is 0 Å². The van der Waals surface area contributed by atoms with Crippen LogP contribution in [0, 0.1) is 6.92 Å². The van der Waals surface area contributed by atoms with Gasteiger partial charge in [-0.1, -0.05) is 27.7 Å². The Morgan fingerprint density at radius 2 is 1.85 bits per heavy atom. The van der Waals surface area contributed by atoms with Crippen LogP contribution in [0.4, 0.5) is 0 Å². The van der Waals surface area contributed by atoms with E-state index in [1.165, 1.54) is 0 Å². The molecule has 1 N–H and O–H groups in total. The van der Waals surface area contributed by atoms with Crippen molar-refractivity contribution in [3.8, 4) is 11.3 Å². The number of aryl methyl sites for hydroxylation is 3. The fraction of sp³-hybridized carbons (Fsp3) is 0.500. The number of fused-ring (bicyclic) bond motifs is 1. The molecule has 0 aliphatic rings. The summed E-state index contributed by atoms with van der Waals surface area (Å²) in [6.07, 6.45) is 3.68. The standard InChI is InChI=1S/C22H30N4O/c1-7-18-16(8-9-19(24-18)13(2)3)20-15(5)23-21-17(14(4)10-11-27)12-26(6)22(21)25-20/h8-9,12-14,27H,7,10-11H2,1-6H3/t14-/m0/s1. The van der Waals surface area contributed by atoms with Crippen LogP contribution in [0.2, 0.25) is 0 Å². The molecule has 27 heavy (non-hydrogen) atoms. The molecule has 0 aliphatic carbocycles. The Labute approximate surface area is 161 Å². The van der Waals surface area contributed by atoms with E-state index in [1.54, 1.807) is 0 Å². The van der Waals surface area contributed by atoms with Gasteiger partial charge in [-0.3, -0.25) is 4.98 Å². The van der Waals surface area contributed by atoms with Crippen molar-refractivity contribution in [2.45, 2.75) is 59.3 Å². The molecule has 0 aliphatic heterocycles. The molecule has 0 spiro atoms. The SMILES string of the molecule is CCc1nc(C(C)C)ccc1-c1nc2c(nc1C)c([C@@H](C)CCO)cn2C. The highest BCUT2D eigenvalue weighted by Crippen LogP contribution is 2.31. The summed E-state index contributed by atoms with van der Waals surface area (Å²) in [4.78, 5) is 14.8. The third-order valence-electron chi connectivity index (χ3n) is 5.26. The van der Waals surface area contributed by atoms with Gasteiger partial charge in [-0.05, 0) is 43.7 Å². The predicted octanol–water partition coefficient (Wildman–Crippen LogP) is 4.51. The van der Waals surface area contributed by atoms with Crippen LogP contribution in [-0.2, 0) is 13.5 Å². The van der Waals surface area contributed by atoms with E-state index in [4.69, 9.17) is 15.0 Å². The van der Waals surface area contributed by atoms with Crippen molar-refractivity contribution in [3.05, 3.63) is 41.0 Å². The van der Waals surface area contributed by atoms with E-state index in [2.05, 4.69) is 46.0 Å². The Hall–Kier alpha value is -2.27. The van der Waals surface area contributed by atoms with Crippen LogP contribution in [0.3, 0.4) is 0 Å². The topological polar surface area (TPSA) is 63.8 Å². The molecule has 144 valence electrons. The zero-order valence-corrected chi connectivity index (χ0v) is 17.2. The maximum Gasteiger partial charge on any atom is 0.159 e. The van der Waals surface area contributed by atoms with Gasteiger partial charge in [0.25, 0.3) is 0 Å². The molecule has 0 saturated carbocycles. The van der Waals surface area contributed by atoms with Crippen LogP contribution >= 0.6 is 0 Å². The van der Waals surface area contributed by atoms with Gasteiger partial charge in [0.05, 0.1) is 11.4 Å². The second kappa shape index (κ2) is 7.77. The van der Waals surface area contributed by atoms with Crippen LogP contribution in [0.1, 0.15) is 68.6 Å². The Morgan fingerprint density at radius 1 is 1.11 bits per heavy atom. The molecule has 0 amide bonds. The maximum atomic E-state index is 9.29. The lowest BCUT2D eigenvalue weighted by molar-refractivity contribution is 0.279. The number of aromatic nitrogens is 4. The van der Waals surface area contributed by atoms with Crippen LogP contribution in [0.25, 0.3) is 22.4 Å². The number of aliphatic hydroxyl groups excluding tert-OH is 1. The Bertz CT molecular complexity index is 959. The normalized spacial score (nSPS) is 12.9. The number of nitrogens with zero attached hydrogens (tertiary/aromatic N) is 4. The van der Waals surface area contributed by atoms with Gasteiger partial charge in [0.1, 0.15) is 5.52 Å². The van der Waals surface area contributed by atoms with Gasteiger partial charge in [-0.2, -0.15) is 0 Å². The van der Waals surface area contributed by atoms with Crippen LogP contribution < -0.4 is 0 Å². The van der Waals surface area contributed by atoms with E-state index < -0.39 is 0 Å². The van der Waals surface area contributed by atoms with E-state index in [1.807, 2.05) is 18.5 Å². The van der Waals surface area contributed by atoms with Crippen LogP contribution in [-0.4, -0.2) is 31.2 Å². The smallest absolute Gasteiger partial charge is 0.159 e. The first-order valence-electron chi connectivity index (χ1n) is 9.81. The van der Waals surface area contributed by atoms with Gasteiger partial charge in [0.15, 0.2) is 5.65 Å². The van der Waals surface area contributed by atoms with Gasteiger partial charge in [0.2, 0.25) is 0 Å². The monoisotopic (exact) mass is 366 g/mol. The summed E-state index contributed by atoms with van der Waals surface area (Å²) in [5.74, 6) is 0.652. The lowest BCUT2D eigenvalue weighted by Gasteiger charge is -2.13. The molecule has 0 aromatic carbocycles. The van der Waals surface area contributed by atoms with Crippen molar-refractivity contribution < 1.29 is 5.11 Å². The summed E-state index contributed by atoms with van der Waals surface area (Å²) >= 11 is 0. The largest absolute Gasteiger partial charge is 0.396 e. The third kappa shape index (κ3) is 3.61. The first-order valence-corrected chi connectivity index (χ1v) is 9.81. The zero-order chi connectivity index (χ0) is 19.7. The molecule has 1 atom stereocenters. The van der Waals surface area contributed by atoms with Crippen molar-refractivity contribution in [1.82, 2.24) is 19.5 Å². The molecule has 0 bridgehead atoms. The number of rotatable bonds is 6. The summed E-state index contributed by atoms with van der Waals surface area (Å²) in [5, 5.41) is 9.29. The van der Waals surface area contributed by atoms with Crippen molar-refractivity contribution in [2.24, 2.45) is 7.05 Å². The molecule has 5 nitrogen and oxygen atoms in total. The average molecular weight is 367 g/mol. The molecule has 3 aromatic rings. The van der Waals surface area contributed by atoms with Gasteiger partial charge in [-0.25, -0.2) is 9.97 Å². The quantitative estimate of drug-likeness (QED) is 0.697. The minimum Gasteiger partial charge on any atom is -0.396 e. The Kier molecular flexibility index (Phi) is 5.61. The second-order valence-electron chi connectivity index (χ2n) is 7.68. The first kappa shape index (κ1) is 19.5. The molecule has 0 saturated heterocycles. The predicted molar refractivity (Wildman–Crippen MR) is 110 cm³/mol. The summed E-state index contributed by atoms with van der Waals surface area (Å²) in [6.45, 7) is 10.8. The molecule has 0 fully saturated rings. The molecule has 3 heterocycles. The van der Waals surface area contributed by atoms with E-state index in [-0.39, 0.29) is 12.5 Å². The number of hydrogen-bond acceptors (Lipinski definition) is 4. The highest BCUT2D eigenvalue weighted by Gasteiger charge is 2.19. The van der Waals surface area contributed by atoms with Gasteiger partial charge in [0, 0.05) is 42.4 Å². The Balaban J connectivity index is 2.17. The van der Waals surface area contributed by atoms with Gasteiger partial charge in [-0.15, -0.1) is 0 Å². The molecule has 3 aromatic heterocycles. The molecule has 3 rings (SSSR count). The van der Waals surface area contributed by atoms with E-state index in [0.717, 1.165) is 57.9 Å². The van der Waals surface area contributed by atoms with Gasteiger partial charge >= 0.3 is 0 Å². The third-order valence-corrected chi connectivity index (χ3v) is 5.26. The fourth-order valence-electron chi connectivity index (χ4n) is 3.57. The lowest BCUT2D eigenvalue weighted by Crippen LogP contribution is -2.03. The summed E-state index contributed by atoms with van der Waals surface area (Å²) < 4.78 is 2.04. The fourth-order valence-corrected chi connectivity index (χ4v) is 3.57. The van der Waals surface area contributed by atoms with Crippen molar-refractivity contribution in [2.75, 3.05) is 6.61 Å². The van der Waals surface area contributed by atoms with Crippen LogP contribution in [0.15, 0.2) is 18.3 Å². The Morgan fingerprint density at radius 3 is 2.48 bits per heavy atom. The van der Waals surface area contributed by atoms with E-state index >= 15 is 0 Å². The minimum atomic E-state index is 0.176. The maximum absolute atomic E-state index is 9.29. The number of pyridine rings is 1. The summed E-state index contributed by atoms with van der Waals surface area (Å²) in [6, 6.07) is 4.24. The molecular formula is C22H30N4O. The van der Waals surface area contributed by atoms with Gasteiger partial charge < -0.3 is 9.67 Å². The summed E-state index contributed by atoms with van der Waals surface area (Å²) in [7, 11) is 2.01. The lowest BCUT2D eigenvalue weighted by atomic mass is 10.00. The zero-order valence-electron chi connectivity index (χ0n) is 17.2. The summed E-state index contributed by atoms with van der Waals surface area (Å²) in [5.41, 5.74) is 8.04. The van der Waals surface area contributed by atoms with Crippen molar-refractivity contribution in [3.63, 3.8) is 0 Å². The average Bonchev–Trinajstić information content (AvgIpc) is 2.96. The van der Waals surface area contributed by atoms with E-state index in [0.29, 0.717) is 5.92 Å².